The maximum absolute atomic E-state index is 6.12. The Hall–Kier alpha value is 0.974. The van der Waals surface area contributed by atoms with E-state index in [2.05, 4.69) is 0 Å². The summed E-state index contributed by atoms with van der Waals surface area (Å²) in [6.45, 7) is 4.06. The van der Waals surface area contributed by atoms with Gasteiger partial charge in [0.1, 0.15) is 0 Å². The highest BCUT2D eigenvalue weighted by Crippen LogP contribution is 2.35. The van der Waals surface area contributed by atoms with E-state index in [0.29, 0.717) is 0 Å². The Morgan fingerprint density at radius 3 is 1.70 bits per heavy atom. The molecule has 1 nitrogen and oxygen atoms in total. The zero-order chi connectivity index (χ0) is 7.83. The first kappa shape index (κ1) is 9.06. The molecule has 1 fully saturated rings. The number of halogens is 2. The average Bonchev–Trinajstić information content (AvgIpc) is 1.56. The highest BCUT2D eigenvalue weighted by atomic mass is 35.6. The molecule has 0 aromatic rings. The molecule has 1 aliphatic heterocycles. The average molecular weight is 215 g/mol. The highest BCUT2D eigenvalue weighted by molar-refractivity contribution is 7.26. The largest absolute Gasteiger partial charge is 0.433 e. The molecule has 5 heteroatoms. The molecule has 1 rings (SSSR count). The van der Waals surface area contributed by atoms with Gasteiger partial charge in [-0.15, -0.1) is 22.2 Å². The molecule has 0 amide bonds. The van der Waals surface area contributed by atoms with Crippen LogP contribution in [0.4, 0.5) is 0 Å². The van der Waals surface area contributed by atoms with Gasteiger partial charge < -0.3 is 4.12 Å². The van der Waals surface area contributed by atoms with Crippen LogP contribution in [0.25, 0.3) is 0 Å². The monoisotopic (exact) mass is 214 g/mol. The van der Waals surface area contributed by atoms with Crippen LogP contribution < -0.4 is 0 Å². The van der Waals surface area contributed by atoms with E-state index in [0.717, 1.165) is 12.1 Å². The first-order valence-electron chi connectivity index (χ1n) is 3.49. The quantitative estimate of drug-likeness (QED) is 0.446. The zero-order valence-corrected chi connectivity index (χ0v) is 9.80. The number of rotatable bonds is 0. The lowest BCUT2D eigenvalue weighted by Crippen LogP contribution is -2.44. The van der Waals surface area contributed by atoms with E-state index >= 15 is 0 Å². The van der Waals surface area contributed by atoms with Crippen LogP contribution in [0, 0.1) is 0 Å². The molecule has 1 saturated heterocycles. The van der Waals surface area contributed by atoms with Gasteiger partial charge in [-0.25, -0.2) is 0 Å². The third-order valence-electron chi connectivity index (χ3n) is 1.67. The van der Waals surface area contributed by atoms with Crippen LogP contribution in [-0.2, 0) is 4.12 Å². The van der Waals surface area contributed by atoms with Crippen molar-refractivity contribution in [1.29, 1.82) is 0 Å². The van der Waals surface area contributed by atoms with Crippen LogP contribution in [0.2, 0.25) is 25.2 Å². The van der Waals surface area contributed by atoms with Crippen molar-refractivity contribution in [2.75, 3.05) is 0 Å². The first-order chi connectivity index (χ1) is 4.41. The molecule has 10 heavy (non-hydrogen) atoms. The normalized spacial score (nSPS) is 49.2. The van der Waals surface area contributed by atoms with E-state index in [1.165, 1.54) is 6.42 Å². The maximum atomic E-state index is 6.12. The van der Waals surface area contributed by atoms with Crippen LogP contribution in [0.1, 0.15) is 6.42 Å². The predicted octanol–water partition coefficient (Wildman–Crippen LogP) is 3.03. The summed E-state index contributed by atoms with van der Waals surface area (Å²) >= 11 is 12.2. The van der Waals surface area contributed by atoms with Crippen molar-refractivity contribution in [3.8, 4) is 0 Å². The summed E-state index contributed by atoms with van der Waals surface area (Å²) in [5.41, 5.74) is 0. The molecule has 0 saturated carbocycles. The van der Waals surface area contributed by atoms with Crippen molar-refractivity contribution in [3.05, 3.63) is 0 Å². The Labute approximate surface area is 73.3 Å². The third kappa shape index (κ3) is 2.54. The van der Waals surface area contributed by atoms with Gasteiger partial charge in [0.05, 0.1) is 0 Å². The van der Waals surface area contributed by atoms with Gasteiger partial charge in [0.2, 0.25) is 0 Å². The van der Waals surface area contributed by atoms with E-state index < -0.39 is 15.3 Å². The van der Waals surface area contributed by atoms with Gasteiger partial charge in [0, 0.05) is 0 Å². The summed E-state index contributed by atoms with van der Waals surface area (Å²) < 4.78 is 5.67. The van der Waals surface area contributed by atoms with Gasteiger partial charge in [-0.1, -0.05) is 6.42 Å². The smallest absolute Gasteiger partial charge is 0.277 e. The molecule has 1 aliphatic rings. The van der Waals surface area contributed by atoms with E-state index in [1.807, 2.05) is 13.1 Å². The second-order valence-corrected chi connectivity index (χ2v) is 14.2. The summed E-state index contributed by atoms with van der Waals surface area (Å²) in [4.78, 5) is 0. The van der Waals surface area contributed by atoms with E-state index in [4.69, 9.17) is 26.3 Å². The minimum atomic E-state index is -1.82. The molecular weight excluding hydrogens is 203 g/mol. The van der Waals surface area contributed by atoms with Crippen LogP contribution in [0.15, 0.2) is 0 Å². The third-order valence-corrected chi connectivity index (χ3v) is 10.1. The molecule has 2 unspecified atom stereocenters. The molecule has 0 aromatic heterocycles. The fraction of sp³-hybridized carbons (Fsp3) is 1.00. The van der Waals surface area contributed by atoms with Crippen LogP contribution in [0.5, 0.6) is 0 Å². The van der Waals surface area contributed by atoms with E-state index in [1.54, 1.807) is 0 Å². The molecule has 60 valence electrons. The summed E-state index contributed by atoms with van der Waals surface area (Å²) in [5, 5.41) is 0. The van der Waals surface area contributed by atoms with Crippen molar-refractivity contribution < 1.29 is 4.12 Å². The maximum Gasteiger partial charge on any atom is 0.277 e. The Bertz CT molecular complexity index is 124. The number of hydrogen-bond donors (Lipinski definition) is 0. The SMILES string of the molecule is C[Si]1(Cl)CCC[Si](C)(Cl)O1. The van der Waals surface area contributed by atoms with Crippen molar-refractivity contribution in [2.45, 2.75) is 31.6 Å². The molecule has 0 N–H and O–H groups in total. The Balaban J connectivity index is 2.56. The standard InChI is InChI=1S/C5H12Cl2OSi2/c1-9(6)4-3-5-10(2,7)8-9/h3-5H2,1-2H3. The molecule has 0 aliphatic carbocycles. The minimum absolute atomic E-state index is 1.06. The van der Waals surface area contributed by atoms with Gasteiger partial charge in [0.15, 0.2) is 0 Å². The Morgan fingerprint density at radius 2 is 1.50 bits per heavy atom. The van der Waals surface area contributed by atoms with E-state index in [-0.39, 0.29) is 0 Å². The molecule has 0 spiro atoms. The molecule has 0 bridgehead atoms. The molecule has 1 heterocycles. The van der Waals surface area contributed by atoms with Gasteiger partial charge in [-0.05, 0) is 25.2 Å². The first-order valence-corrected chi connectivity index (χ1v) is 10.7. The summed E-state index contributed by atoms with van der Waals surface area (Å²) in [5.74, 6) is 0. The van der Waals surface area contributed by atoms with Gasteiger partial charge >= 0.3 is 0 Å². The summed E-state index contributed by atoms with van der Waals surface area (Å²) in [6, 6.07) is 2.12. The van der Waals surface area contributed by atoms with Crippen LogP contribution in [-0.4, -0.2) is 15.3 Å². The Morgan fingerprint density at radius 1 is 1.10 bits per heavy atom. The topological polar surface area (TPSA) is 9.23 Å². The lowest BCUT2D eigenvalue weighted by atomic mass is 10.6. The summed E-state index contributed by atoms with van der Waals surface area (Å²) in [7, 11) is -3.65. The van der Waals surface area contributed by atoms with Crippen molar-refractivity contribution in [1.82, 2.24) is 0 Å². The summed E-state index contributed by atoms with van der Waals surface area (Å²) in [6.07, 6.45) is 1.17. The fourth-order valence-electron chi connectivity index (χ4n) is 1.27. The minimum Gasteiger partial charge on any atom is -0.433 e. The van der Waals surface area contributed by atoms with Crippen LogP contribution >= 0.6 is 22.2 Å². The number of hydrogen-bond acceptors (Lipinski definition) is 1. The lowest BCUT2D eigenvalue weighted by molar-refractivity contribution is 0.542. The lowest BCUT2D eigenvalue weighted by Gasteiger charge is -2.34. The molecule has 0 aromatic carbocycles. The van der Waals surface area contributed by atoms with Gasteiger partial charge in [-0.3, -0.25) is 0 Å². The predicted molar refractivity (Wildman–Crippen MR) is 50.3 cm³/mol. The van der Waals surface area contributed by atoms with Crippen molar-refractivity contribution in [3.63, 3.8) is 0 Å². The molecule has 2 atom stereocenters. The van der Waals surface area contributed by atoms with Crippen molar-refractivity contribution >= 4 is 37.4 Å². The second kappa shape index (κ2) is 2.79. The van der Waals surface area contributed by atoms with Gasteiger partial charge in [0.25, 0.3) is 15.3 Å². The van der Waals surface area contributed by atoms with E-state index in [9.17, 15) is 0 Å². The molecular formula is C5H12Cl2OSi2. The zero-order valence-electron chi connectivity index (χ0n) is 6.29. The second-order valence-electron chi connectivity index (χ2n) is 3.16. The highest BCUT2D eigenvalue weighted by Gasteiger charge is 2.41. The fourth-order valence-corrected chi connectivity index (χ4v) is 11.8. The van der Waals surface area contributed by atoms with Crippen molar-refractivity contribution in [2.24, 2.45) is 0 Å². The molecule has 0 radical (unpaired) electrons. The Kier molecular flexibility index (Phi) is 2.53. The van der Waals surface area contributed by atoms with Crippen LogP contribution in [0.3, 0.4) is 0 Å². The van der Waals surface area contributed by atoms with Gasteiger partial charge in [-0.2, -0.15) is 0 Å².